The summed E-state index contributed by atoms with van der Waals surface area (Å²) in [5.41, 5.74) is 3.63. The number of aliphatic imine (C=N–C) groups is 1. The Morgan fingerprint density at radius 2 is 1.72 bits per heavy atom. The van der Waals surface area contributed by atoms with Crippen LogP contribution in [0.4, 0.5) is 0 Å². The molecule has 0 fully saturated rings. The van der Waals surface area contributed by atoms with Crippen molar-refractivity contribution in [1.82, 2.24) is 20.2 Å². The number of halogens is 1. The Hall–Kier alpha value is -2.55. The van der Waals surface area contributed by atoms with E-state index in [1.807, 2.05) is 43.6 Å². The van der Waals surface area contributed by atoms with Crippen molar-refractivity contribution in [2.75, 3.05) is 14.2 Å². The zero-order valence-electron chi connectivity index (χ0n) is 17.1. The highest BCUT2D eigenvalue weighted by molar-refractivity contribution is 14.0. The number of guanidine groups is 1. The van der Waals surface area contributed by atoms with Crippen LogP contribution in [0.15, 0.2) is 65.9 Å². The number of benzene rings is 2. The Morgan fingerprint density at radius 3 is 2.34 bits per heavy atom. The molecule has 154 valence electrons. The topological polar surface area (TPSA) is 63.5 Å². The maximum Gasteiger partial charge on any atom is 0.191 e. The Balaban J connectivity index is 0.00000300. The van der Waals surface area contributed by atoms with E-state index < -0.39 is 0 Å². The zero-order valence-corrected chi connectivity index (χ0v) is 19.4. The fourth-order valence-electron chi connectivity index (χ4n) is 2.94. The lowest BCUT2D eigenvalue weighted by Gasteiger charge is -2.13. The maximum atomic E-state index is 5.19. The minimum absolute atomic E-state index is 0. The van der Waals surface area contributed by atoms with Crippen molar-refractivity contribution in [2.24, 2.45) is 4.99 Å². The fourth-order valence-corrected chi connectivity index (χ4v) is 2.94. The number of methoxy groups -OCH3 is 1. The van der Waals surface area contributed by atoms with Crippen molar-refractivity contribution in [2.45, 2.75) is 26.6 Å². The summed E-state index contributed by atoms with van der Waals surface area (Å²) < 4.78 is 7.33. The number of hydrogen-bond acceptors (Lipinski definition) is 3. The molecule has 3 rings (SSSR count). The number of nitrogens with zero attached hydrogens (tertiary/aromatic N) is 3. The van der Waals surface area contributed by atoms with Crippen LogP contribution in [-0.4, -0.2) is 29.7 Å². The molecule has 0 aliphatic carbocycles. The first-order chi connectivity index (χ1) is 13.7. The minimum Gasteiger partial charge on any atom is -0.497 e. The van der Waals surface area contributed by atoms with Gasteiger partial charge in [-0.05, 0) is 35.7 Å². The van der Waals surface area contributed by atoms with E-state index >= 15 is 0 Å². The molecule has 0 bridgehead atoms. The van der Waals surface area contributed by atoms with Crippen LogP contribution in [0.1, 0.15) is 22.5 Å². The van der Waals surface area contributed by atoms with E-state index in [2.05, 4.69) is 49.4 Å². The second-order valence-corrected chi connectivity index (χ2v) is 6.55. The molecule has 1 heterocycles. The molecule has 0 aliphatic rings. The van der Waals surface area contributed by atoms with Crippen LogP contribution in [-0.2, 0) is 19.6 Å². The standard InChI is InChI=1S/C22H27N5O.HI/c1-17-24-11-12-27(17)16-20-6-4-5-19(13-20)15-26-22(23-2)25-14-18-7-9-21(28-3)10-8-18;/h4-13H,14-16H2,1-3H3,(H2,23,25,26);1H. The second kappa shape index (κ2) is 11.5. The third-order valence-corrected chi connectivity index (χ3v) is 4.57. The molecule has 2 N–H and O–H groups in total. The number of hydrogen-bond donors (Lipinski definition) is 2. The van der Waals surface area contributed by atoms with Gasteiger partial charge in [-0.1, -0.05) is 36.4 Å². The molecule has 6 nitrogen and oxygen atoms in total. The average molecular weight is 505 g/mol. The Kier molecular flexibility index (Phi) is 8.98. The molecule has 0 amide bonds. The molecule has 2 aromatic carbocycles. The van der Waals surface area contributed by atoms with E-state index in [9.17, 15) is 0 Å². The molecule has 1 aromatic heterocycles. The average Bonchev–Trinajstić information content (AvgIpc) is 3.13. The highest BCUT2D eigenvalue weighted by Crippen LogP contribution is 2.11. The number of aromatic nitrogens is 2. The highest BCUT2D eigenvalue weighted by Gasteiger charge is 2.03. The van der Waals surface area contributed by atoms with Crippen molar-refractivity contribution < 1.29 is 4.74 Å². The summed E-state index contributed by atoms with van der Waals surface area (Å²) in [4.78, 5) is 8.58. The molecule has 0 aliphatic heterocycles. The minimum atomic E-state index is 0. The molecule has 7 heteroatoms. The summed E-state index contributed by atoms with van der Waals surface area (Å²) in [5, 5.41) is 6.71. The van der Waals surface area contributed by atoms with Crippen LogP contribution >= 0.6 is 24.0 Å². The van der Waals surface area contributed by atoms with Crippen molar-refractivity contribution in [3.8, 4) is 5.75 Å². The highest BCUT2D eigenvalue weighted by atomic mass is 127. The van der Waals surface area contributed by atoms with Crippen LogP contribution in [0.5, 0.6) is 5.75 Å². The summed E-state index contributed by atoms with van der Waals surface area (Å²) in [6, 6.07) is 16.6. The number of rotatable bonds is 7. The summed E-state index contributed by atoms with van der Waals surface area (Å²) in [5.74, 6) is 2.65. The first-order valence-corrected chi connectivity index (χ1v) is 9.31. The fraction of sp³-hybridized carbons (Fsp3) is 0.273. The number of ether oxygens (including phenoxy) is 1. The molecule has 0 atom stereocenters. The van der Waals surface area contributed by atoms with E-state index in [0.717, 1.165) is 24.1 Å². The monoisotopic (exact) mass is 505 g/mol. The molecule has 0 spiro atoms. The van der Waals surface area contributed by atoms with E-state index in [1.54, 1.807) is 14.2 Å². The molecular weight excluding hydrogens is 477 g/mol. The third kappa shape index (κ3) is 6.77. The first kappa shape index (κ1) is 22.7. The van der Waals surface area contributed by atoms with Gasteiger partial charge in [0.05, 0.1) is 7.11 Å². The molecule has 3 aromatic rings. The summed E-state index contributed by atoms with van der Waals surface area (Å²) in [6.07, 6.45) is 3.84. The molecule has 0 saturated carbocycles. The van der Waals surface area contributed by atoms with Gasteiger partial charge < -0.3 is 19.9 Å². The summed E-state index contributed by atoms with van der Waals surface area (Å²) >= 11 is 0. The van der Waals surface area contributed by atoms with Gasteiger partial charge in [0.15, 0.2) is 5.96 Å². The van der Waals surface area contributed by atoms with Gasteiger partial charge in [-0.2, -0.15) is 0 Å². The van der Waals surface area contributed by atoms with Crippen molar-refractivity contribution >= 4 is 29.9 Å². The number of aryl methyl sites for hydroxylation is 1. The molecular formula is C22H28IN5O. The lowest BCUT2D eigenvalue weighted by atomic mass is 10.1. The number of imidazole rings is 1. The van der Waals surface area contributed by atoms with E-state index in [0.29, 0.717) is 13.1 Å². The number of nitrogens with one attached hydrogen (secondary N) is 2. The smallest absolute Gasteiger partial charge is 0.191 e. The van der Waals surface area contributed by atoms with E-state index in [-0.39, 0.29) is 24.0 Å². The predicted molar refractivity (Wildman–Crippen MR) is 128 cm³/mol. The summed E-state index contributed by atoms with van der Waals surface area (Å²) in [6.45, 7) is 4.25. The Morgan fingerprint density at radius 1 is 1.03 bits per heavy atom. The van der Waals surface area contributed by atoms with Gasteiger partial charge in [-0.15, -0.1) is 24.0 Å². The summed E-state index contributed by atoms with van der Waals surface area (Å²) in [7, 11) is 3.45. The lowest BCUT2D eigenvalue weighted by molar-refractivity contribution is 0.414. The van der Waals surface area contributed by atoms with Gasteiger partial charge in [0.2, 0.25) is 0 Å². The van der Waals surface area contributed by atoms with Crippen LogP contribution < -0.4 is 15.4 Å². The van der Waals surface area contributed by atoms with Crippen molar-refractivity contribution in [3.63, 3.8) is 0 Å². The third-order valence-electron chi connectivity index (χ3n) is 4.57. The predicted octanol–water partition coefficient (Wildman–Crippen LogP) is 3.73. The van der Waals surface area contributed by atoms with Crippen LogP contribution in [0.2, 0.25) is 0 Å². The second-order valence-electron chi connectivity index (χ2n) is 6.55. The van der Waals surface area contributed by atoms with Gasteiger partial charge in [0, 0.05) is 39.1 Å². The van der Waals surface area contributed by atoms with Crippen LogP contribution in [0, 0.1) is 6.92 Å². The van der Waals surface area contributed by atoms with E-state index in [1.165, 1.54) is 16.7 Å². The normalized spacial score (nSPS) is 10.9. The SMILES string of the molecule is CN=C(NCc1ccc(OC)cc1)NCc1cccc(Cn2ccnc2C)c1.I. The van der Waals surface area contributed by atoms with Crippen molar-refractivity contribution in [3.05, 3.63) is 83.4 Å². The van der Waals surface area contributed by atoms with Gasteiger partial charge >= 0.3 is 0 Å². The van der Waals surface area contributed by atoms with Gasteiger partial charge in [0.1, 0.15) is 11.6 Å². The van der Waals surface area contributed by atoms with Crippen LogP contribution in [0.3, 0.4) is 0 Å². The van der Waals surface area contributed by atoms with Crippen LogP contribution in [0.25, 0.3) is 0 Å². The quantitative estimate of drug-likeness (QED) is 0.292. The molecule has 29 heavy (non-hydrogen) atoms. The molecule has 0 unspecified atom stereocenters. The van der Waals surface area contributed by atoms with Crippen molar-refractivity contribution in [1.29, 1.82) is 0 Å². The Labute approximate surface area is 189 Å². The molecule has 0 radical (unpaired) electrons. The van der Waals surface area contributed by atoms with Gasteiger partial charge in [-0.25, -0.2) is 4.98 Å². The van der Waals surface area contributed by atoms with Gasteiger partial charge in [0.25, 0.3) is 0 Å². The van der Waals surface area contributed by atoms with Gasteiger partial charge in [-0.3, -0.25) is 4.99 Å². The maximum absolute atomic E-state index is 5.19. The lowest BCUT2D eigenvalue weighted by Crippen LogP contribution is -2.36. The zero-order chi connectivity index (χ0) is 19.8. The Bertz CT molecular complexity index is 921. The van der Waals surface area contributed by atoms with E-state index in [4.69, 9.17) is 4.74 Å². The largest absolute Gasteiger partial charge is 0.497 e. The first-order valence-electron chi connectivity index (χ1n) is 9.31. The molecule has 0 saturated heterocycles.